The van der Waals surface area contributed by atoms with Gasteiger partial charge in [-0.2, -0.15) is 0 Å². The second kappa shape index (κ2) is 7.44. The molecule has 29 heavy (non-hydrogen) atoms. The summed E-state index contributed by atoms with van der Waals surface area (Å²) in [6, 6.07) is 16.7. The zero-order valence-corrected chi connectivity index (χ0v) is 16.4. The SMILES string of the molecule is CC(=O)n1cc(/C=C2/C(=O)NC(=S)N(Cc3ccccc3)C2=O)c2ccccc21. The lowest BCUT2D eigenvalue weighted by Crippen LogP contribution is -2.53. The van der Waals surface area contributed by atoms with E-state index < -0.39 is 11.8 Å². The number of fused-ring (bicyclic) bond motifs is 1. The van der Waals surface area contributed by atoms with Gasteiger partial charge in [-0.15, -0.1) is 0 Å². The highest BCUT2D eigenvalue weighted by Gasteiger charge is 2.33. The van der Waals surface area contributed by atoms with Crippen LogP contribution in [0.25, 0.3) is 17.0 Å². The second-order valence-corrected chi connectivity index (χ2v) is 7.07. The lowest BCUT2D eigenvalue weighted by atomic mass is 10.1. The summed E-state index contributed by atoms with van der Waals surface area (Å²) >= 11 is 5.21. The molecule has 1 N–H and O–H groups in total. The fourth-order valence-corrected chi connectivity index (χ4v) is 3.58. The van der Waals surface area contributed by atoms with Crippen molar-refractivity contribution in [3.63, 3.8) is 0 Å². The molecule has 4 rings (SSSR count). The van der Waals surface area contributed by atoms with Gasteiger partial charge in [0, 0.05) is 24.1 Å². The van der Waals surface area contributed by atoms with Crippen molar-refractivity contribution in [1.29, 1.82) is 0 Å². The predicted molar refractivity (Wildman–Crippen MR) is 114 cm³/mol. The Hall–Kier alpha value is -3.58. The lowest BCUT2D eigenvalue weighted by molar-refractivity contribution is -0.129. The molecule has 2 aromatic carbocycles. The summed E-state index contributed by atoms with van der Waals surface area (Å²) in [6.45, 7) is 1.72. The van der Waals surface area contributed by atoms with Crippen molar-refractivity contribution >= 4 is 52.0 Å². The molecule has 1 fully saturated rings. The van der Waals surface area contributed by atoms with Crippen LogP contribution < -0.4 is 5.32 Å². The molecule has 0 saturated carbocycles. The first-order valence-electron chi connectivity index (χ1n) is 8.99. The maximum atomic E-state index is 13.1. The Kier molecular flexibility index (Phi) is 4.82. The van der Waals surface area contributed by atoms with Crippen molar-refractivity contribution in [3.05, 3.63) is 77.5 Å². The van der Waals surface area contributed by atoms with Gasteiger partial charge in [-0.1, -0.05) is 48.5 Å². The molecule has 144 valence electrons. The number of carbonyl (C=O) groups excluding carboxylic acids is 3. The fraction of sp³-hybridized carbons (Fsp3) is 0.0909. The predicted octanol–water partition coefficient (Wildman–Crippen LogP) is 3.13. The Morgan fingerprint density at radius 3 is 2.48 bits per heavy atom. The van der Waals surface area contributed by atoms with E-state index in [1.54, 1.807) is 6.20 Å². The number of para-hydroxylation sites is 1. The summed E-state index contributed by atoms with van der Waals surface area (Å²) in [5.74, 6) is -1.18. The van der Waals surface area contributed by atoms with Crippen LogP contribution in [-0.4, -0.2) is 32.3 Å². The van der Waals surface area contributed by atoms with E-state index >= 15 is 0 Å². The number of rotatable bonds is 3. The minimum Gasteiger partial charge on any atom is -0.298 e. The van der Waals surface area contributed by atoms with Gasteiger partial charge in [-0.25, -0.2) is 0 Å². The molecule has 7 heteroatoms. The molecule has 0 spiro atoms. The normalized spacial score (nSPS) is 15.8. The van der Waals surface area contributed by atoms with Crippen LogP contribution >= 0.6 is 12.2 Å². The Bertz CT molecular complexity index is 1190. The van der Waals surface area contributed by atoms with Crippen LogP contribution in [0.5, 0.6) is 0 Å². The van der Waals surface area contributed by atoms with E-state index in [1.165, 1.54) is 22.5 Å². The quantitative estimate of drug-likeness (QED) is 0.414. The minimum absolute atomic E-state index is 0.0269. The van der Waals surface area contributed by atoms with E-state index in [0.717, 1.165) is 10.9 Å². The third kappa shape index (κ3) is 3.48. The number of carbonyl (C=O) groups is 3. The Morgan fingerprint density at radius 1 is 1.07 bits per heavy atom. The second-order valence-electron chi connectivity index (χ2n) is 6.68. The molecule has 0 unspecified atom stereocenters. The third-order valence-electron chi connectivity index (χ3n) is 4.75. The molecule has 6 nitrogen and oxygen atoms in total. The smallest absolute Gasteiger partial charge is 0.265 e. The van der Waals surface area contributed by atoms with Crippen LogP contribution in [-0.2, 0) is 16.1 Å². The van der Waals surface area contributed by atoms with E-state index in [1.807, 2.05) is 54.6 Å². The molecule has 2 heterocycles. The van der Waals surface area contributed by atoms with Crippen molar-refractivity contribution in [2.24, 2.45) is 0 Å². The van der Waals surface area contributed by atoms with Crippen molar-refractivity contribution in [1.82, 2.24) is 14.8 Å². The lowest BCUT2D eigenvalue weighted by Gasteiger charge is -2.29. The molecule has 3 aromatic rings. The molecule has 0 bridgehead atoms. The van der Waals surface area contributed by atoms with Crippen molar-refractivity contribution in [3.8, 4) is 0 Å². The summed E-state index contributed by atoms with van der Waals surface area (Å²) in [5, 5.41) is 3.44. The Labute approximate surface area is 172 Å². The standard InChI is InChI=1S/C22H17N3O3S/c1-14(26)24-13-16(17-9-5-6-10-19(17)24)11-18-20(27)23-22(29)25(21(18)28)12-15-7-3-2-4-8-15/h2-11,13H,12H2,1H3,(H,23,27,29)/b18-11-. The largest absolute Gasteiger partial charge is 0.298 e. The van der Waals surface area contributed by atoms with Crippen LogP contribution in [0.1, 0.15) is 22.8 Å². The number of nitrogens with zero attached hydrogens (tertiary/aromatic N) is 2. The molecule has 2 amide bonds. The molecule has 1 saturated heterocycles. The van der Waals surface area contributed by atoms with Crippen LogP contribution in [0, 0.1) is 0 Å². The van der Waals surface area contributed by atoms with Crippen LogP contribution in [0.3, 0.4) is 0 Å². The van der Waals surface area contributed by atoms with Gasteiger partial charge in [0.15, 0.2) is 5.11 Å². The molecule has 1 aliphatic rings. The van der Waals surface area contributed by atoms with Gasteiger partial charge in [0.05, 0.1) is 12.1 Å². The average molecular weight is 403 g/mol. The number of hydrogen-bond donors (Lipinski definition) is 1. The molecular formula is C22H17N3O3S. The topological polar surface area (TPSA) is 71.4 Å². The molecule has 0 radical (unpaired) electrons. The van der Waals surface area contributed by atoms with Gasteiger partial charge in [-0.3, -0.25) is 29.2 Å². The first-order chi connectivity index (χ1) is 14.0. The van der Waals surface area contributed by atoms with E-state index in [0.29, 0.717) is 11.1 Å². The summed E-state index contributed by atoms with van der Waals surface area (Å²) in [4.78, 5) is 38.9. The average Bonchev–Trinajstić information content (AvgIpc) is 3.08. The van der Waals surface area contributed by atoms with Crippen LogP contribution in [0.2, 0.25) is 0 Å². The molecule has 1 aromatic heterocycles. The zero-order chi connectivity index (χ0) is 20.5. The van der Waals surface area contributed by atoms with Crippen LogP contribution in [0.15, 0.2) is 66.4 Å². The van der Waals surface area contributed by atoms with Crippen molar-refractivity contribution in [2.45, 2.75) is 13.5 Å². The van der Waals surface area contributed by atoms with E-state index in [2.05, 4.69) is 5.32 Å². The van der Waals surface area contributed by atoms with Crippen molar-refractivity contribution < 1.29 is 14.4 Å². The number of aromatic nitrogens is 1. The summed E-state index contributed by atoms with van der Waals surface area (Å²) in [7, 11) is 0. The van der Waals surface area contributed by atoms with Gasteiger partial charge >= 0.3 is 0 Å². The van der Waals surface area contributed by atoms with Crippen LogP contribution in [0.4, 0.5) is 0 Å². The molecule has 1 aliphatic heterocycles. The summed E-state index contributed by atoms with van der Waals surface area (Å²) < 4.78 is 1.50. The Balaban J connectivity index is 1.76. The van der Waals surface area contributed by atoms with Gasteiger partial charge in [-0.05, 0) is 29.9 Å². The third-order valence-corrected chi connectivity index (χ3v) is 5.07. The van der Waals surface area contributed by atoms with E-state index in [-0.39, 0.29) is 23.1 Å². The van der Waals surface area contributed by atoms with Gasteiger partial charge in [0.2, 0.25) is 5.91 Å². The van der Waals surface area contributed by atoms with Crippen molar-refractivity contribution in [2.75, 3.05) is 0 Å². The highest BCUT2D eigenvalue weighted by molar-refractivity contribution is 7.80. The first-order valence-corrected chi connectivity index (χ1v) is 9.40. The number of amides is 2. The number of thiocarbonyl (C=S) groups is 1. The first kappa shape index (κ1) is 18.8. The van der Waals surface area contributed by atoms with Gasteiger partial charge < -0.3 is 0 Å². The summed E-state index contributed by atoms with van der Waals surface area (Å²) in [6.07, 6.45) is 3.15. The monoisotopic (exact) mass is 403 g/mol. The minimum atomic E-state index is -0.552. The summed E-state index contributed by atoms with van der Waals surface area (Å²) in [5.41, 5.74) is 2.20. The van der Waals surface area contributed by atoms with Gasteiger partial charge in [0.25, 0.3) is 11.8 Å². The number of hydrogen-bond acceptors (Lipinski definition) is 4. The Morgan fingerprint density at radius 2 is 1.76 bits per heavy atom. The molecule has 0 aliphatic carbocycles. The number of nitrogens with one attached hydrogen (secondary N) is 1. The number of benzene rings is 2. The maximum Gasteiger partial charge on any atom is 0.265 e. The van der Waals surface area contributed by atoms with Gasteiger partial charge in [0.1, 0.15) is 5.57 Å². The molecular weight excluding hydrogens is 386 g/mol. The highest BCUT2D eigenvalue weighted by atomic mass is 32.1. The highest BCUT2D eigenvalue weighted by Crippen LogP contribution is 2.25. The maximum absolute atomic E-state index is 13.1. The zero-order valence-electron chi connectivity index (χ0n) is 15.6. The fourth-order valence-electron chi connectivity index (χ4n) is 3.34. The van der Waals surface area contributed by atoms with E-state index in [4.69, 9.17) is 12.2 Å². The van der Waals surface area contributed by atoms with E-state index in [9.17, 15) is 14.4 Å². The molecule has 0 atom stereocenters.